The van der Waals surface area contributed by atoms with Crippen molar-refractivity contribution in [2.45, 2.75) is 6.10 Å². The van der Waals surface area contributed by atoms with E-state index in [4.69, 9.17) is 14.2 Å². The highest BCUT2D eigenvalue weighted by molar-refractivity contribution is 5.48. The van der Waals surface area contributed by atoms with Gasteiger partial charge in [-0.05, 0) is 13.1 Å². The van der Waals surface area contributed by atoms with Crippen LogP contribution in [0.3, 0.4) is 0 Å². The molecule has 0 saturated heterocycles. The normalized spacial score (nSPS) is 15.9. The van der Waals surface area contributed by atoms with Gasteiger partial charge < -0.3 is 19.5 Å². The van der Waals surface area contributed by atoms with E-state index in [0.717, 1.165) is 23.6 Å². The Morgan fingerprint density at radius 3 is 2.94 bits per heavy atom. The third-order valence-corrected chi connectivity index (χ3v) is 2.62. The van der Waals surface area contributed by atoms with Crippen LogP contribution >= 0.6 is 0 Å². The van der Waals surface area contributed by atoms with Gasteiger partial charge in [-0.3, -0.25) is 0 Å². The molecular weight excluding hydrogens is 206 g/mol. The first-order valence-corrected chi connectivity index (χ1v) is 5.42. The average Bonchev–Trinajstić information content (AvgIpc) is 2.35. The molecule has 0 aliphatic carbocycles. The molecule has 1 unspecified atom stereocenters. The van der Waals surface area contributed by atoms with Crippen molar-refractivity contribution < 1.29 is 14.2 Å². The first-order chi connectivity index (χ1) is 7.86. The van der Waals surface area contributed by atoms with Gasteiger partial charge in [0.25, 0.3) is 0 Å². The van der Waals surface area contributed by atoms with Gasteiger partial charge >= 0.3 is 0 Å². The van der Waals surface area contributed by atoms with E-state index in [1.54, 1.807) is 7.11 Å². The molecule has 0 aromatic heterocycles. The number of hydrogen-bond acceptors (Lipinski definition) is 4. The van der Waals surface area contributed by atoms with Crippen LogP contribution in [-0.2, 0) is 4.74 Å². The van der Waals surface area contributed by atoms with Gasteiger partial charge in [0.05, 0.1) is 6.10 Å². The van der Waals surface area contributed by atoms with E-state index in [2.05, 4.69) is 5.32 Å². The SMILES string of the molecule is CNCC(OC)c1cccc2c1OCCO2. The van der Waals surface area contributed by atoms with Crippen LogP contribution in [0.5, 0.6) is 11.5 Å². The maximum Gasteiger partial charge on any atom is 0.167 e. The Balaban J connectivity index is 2.31. The zero-order chi connectivity index (χ0) is 11.4. The Hall–Kier alpha value is -1.26. The quantitative estimate of drug-likeness (QED) is 0.836. The second kappa shape index (κ2) is 5.18. The third kappa shape index (κ3) is 2.13. The van der Waals surface area contributed by atoms with E-state index < -0.39 is 0 Å². The Kier molecular flexibility index (Phi) is 3.64. The molecule has 1 aromatic carbocycles. The summed E-state index contributed by atoms with van der Waals surface area (Å²) in [5, 5.41) is 3.10. The molecule has 1 aliphatic heterocycles. The minimum absolute atomic E-state index is 0.0124. The van der Waals surface area contributed by atoms with Gasteiger partial charge in [-0.15, -0.1) is 0 Å². The van der Waals surface area contributed by atoms with Crippen LogP contribution in [-0.4, -0.2) is 33.9 Å². The molecule has 88 valence electrons. The number of fused-ring (bicyclic) bond motifs is 1. The molecule has 1 aliphatic rings. The van der Waals surface area contributed by atoms with Crippen LogP contribution in [0.1, 0.15) is 11.7 Å². The van der Waals surface area contributed by atoms with Crippen LogP contribution in [0.2, 0.25) is 0 Å². The molecule has 4 heteroatoms. The van der Waals surface area contributed by atoms with Gasteiger partial charge in [0.1, 0.15) is 13.2 Å². The molecular formula is C12H17NO3. The maximum absolute atomic E-state index is 5.65. The van der Waals surface area contributed by atoms with Crippen molar-refractivity contribution in [1.82, 2.24) is 5.32 Å². The van der Waals surface area contributed by atoms with E-state index in [-0.39, 0.29) is 6.10 Å². The Labute approximate surface area is 95.5 Å². The number of ether oxygens (including phenoxy) is 3. The predicted octanol–water partition coefficient (Wildman–Crippen LogP) is 1.36. The minimum Gasteiger partial charge on any atom is -0.486 e. The zero-order valence-corrected chi connectivity index (χ0v) is 9.66. The lowest BCUT2D eigenvalue weighted by Gasteiger charge is -2.24. The number of methoxy groups -OCH3 is 1. The van der Waals surface area contributed by atoms with E-state index in [0.29, 0.717) is 13.2 Å². The molecule has 1 N–H and O–H groups in total. The van der Waals surface area contributed by atoms with Gasteiger partial charge in [-0.1, -0.05) is 12.1 Å². The standard InChI is InChI=1S/C12H17NO3/c1-13-8-11(14-2)9-4-3-5-10-12(9)16-7-6-15-10/h3-5,11,13H,6-8H2,1-2H3. The lowest BCUT2D eigenvalue weighted by atomic mass is 10.1. The Bertz CT molecular complexity index is 354. The van der Waals surface area contributed by atoms with Crippen molar-refractivity contribution in [2.24, 2.45) is 0 Å². The largest absolute Gasteiger partial charge is 0.486 e. The molecule has 0 saturated carbocycles. The van der Waals surface area contributed by atoms with Crippen molar-refractivity contribution in [3.05, 3.63) is 23.8 Å². The van der Waals surface area contributed by atoms with Crippen LogP contribution in [0.25, 0.3) is 0 Å². The third-order valence-electron chi connectivity index (χ3n) is 2.62. The number of rotatable bonds is 4. The predicted molar refractivity (Wildman–Crippen MR) is 61.1 cm³/mol. The average molecular weight is 223 g/mol. The second-order valence-electron chi connectivity index (χ2n) is 3.65. The number of nitrogens with one attached hydrogen (secondary N) is 1. The fourth-order valence-electron chi connectivity index (χ4n) is 1.86. The van der Waals surface area contributed by atoms with Gasteiger partial charge in [0.15, 0.2) is 11.5 Å². The smallest absolute Gasteiger partial charge is 0.167 e. The molecule has 1 atom stereocenters. The van der Waals surface area contributed by atoms with Crippen molar-refractivity contribution in [3.8, 4) is 11.5 Å². The molecule has 0 bridgehead atoms. The second-order valence-corrected chi connectivity index (χ2v) is 3.65. The highest BCUT2D eigenvalue weighted by atomic mass is 16.6. The summed E-state index contributed by atoms with van der Waals surface area (Å²) in [6.45, 7) is 1.95. The molecule has 1 aromatic rings. The Morgan fingerprint density at radius 1 is 1.38 bits per heavy atom. The van der Waals surface area contributed by atoms with Crippen LogP contribution in [0, 0.1) is 0 Å². The van der Waals surface area contributed by atoms with Crippen molar-refractivity contribution >= 4 is 0 Å². The van der Waals surface area contributed by atoms with Crippen molar-refractivity contribution in [2.75, 3.05) is 33.9 Å². The lowest BCUT2D eigenvalue weighted by Crippen LogP contribution is -2.22. The first-order valence-electron chi connectivity index (χ1n) is 5.42. The first kappa shape index (κ1) is 11.2. The summed E-state index contributed by atoms with van der Waals surface area (Å²) in [6, 6.07) is 5.90. The summed E-state index contributed by atoms with van der Waals surface area (Å²) in [6.07, 6.45) is -0.0124. The number of likely N-dealkylation sites (N-methyl/N-ethyl adjacent to an activating group) is 1. The van der Waals surface area contributed by atoms with Crippen LogP contribution < -0.4 is 14.8 Å². The lowest BCUT2D eigenvalue weighted by molar-refractivity contribution is 0.0958. The maximum atomic E-state index is 5.65. The van der Waals surface area contributed by atoms with Crippen LogP contribution in [0.15, 0.2) is 18.2 Å². The summed E-state index contributed by atoms with van der Waals surface area (Å²) in [7, 11) is 3.60. The summed E-state index contributed by atoms with van der Waals surface area (Å²) in [4.78, 5) is 0. The minimum atomic E-state index is -0.0124. The molecule has 0 amide bonds. The van der Waals surface area contributed by atoms with E-state index in [9.17, 15) is 0 Å². The topological polar surface area (TPSA) is 39.7 Å². The highest BCUT2D eigenvalue weighted by Gasteiger charge is 2.21. The Morgan fingerprint density at radius 2 is 2.19 bits per heavy atom. The summed E-state index contributed by atoms with van der Waals surface area (Å²) >= 11 is 0. The number of hydrogen-bond donors (Lipinski definition) is 1. The van der Waals surface area contributed by atoms with Gasteiger partial charge in [0.2, 0.25) is 0 Å². The van der Waals surface area contributed by atoms with Crippen molar-refractivity contribution in [1.29, 1.82) is 0 Å². The molecule has 0 fully saturated rings. The molecule has 0 radical (unpaired) electrons. The number of para-hydroxylation sites is 1. The van der Waals surface area contributed by atoms with Crippen molar-refractivity contribution in [3.63, 3.8) is 0 Å². The molecule has 4 nitrogen and oxygen atoms in total. The van der Waals surface area contributed by atoms with E-state index in [1.165, 1.54) is 0 Å². The fourth-order valence-corrected chi connectivity index (χ4v) is 1.86. The highest BCUT2D eigenvalue weighted by Crippen LogP contribution is 2.37. The molecule has 2 rings (SSSR count). The van der Waals surface area contributed by atoms with Gasteiger partial charge in [-0.2, -0.15) is 0 Å². The monoisotopic (exact) mass is 223 g/mol. The molecule has 0 spiro atoms. The van der Waals surface area contributed by atoms with E-state index >= 15 is 0 Å². The molecule has 16 heavy (non-hydrogen) atoms. The van der Waals surface area contributed by atoms with Crippen LogP contribution in [0.4, 0.5) is 0 Å². The van der Waals surface area contributed by atoms with Gasteiger partial charge in [-0.25, -0.2) is 0 Å². The van der Waals surface area contributed by atoms with Gasteiger partial charge in [0, 0.05) is 19.2 Å². The molecule has 1 heterocycles. The zero-order valence-electron chi connectivity index (χ0n) is 9.66. The summed E-state index contributed by atoms with van der Waals surface area (Å²) in [5.74, 6) is 1.62. The summed E-state index contributed by atoms with van der Waals surface area (Å²) in [5.41, 5.74) is 1.04. The summed E-state index contributed by atoms with van der Waals surface area (Å²) < 4.78 is 16.6. The fraction of sp³-hybridized carbons (Fsp3) is 0.500. The van der Waals surface area contributed by atoms with E-state index in [1.807, 2.05) is 25.2 Å². The number of benzene rings is 1.